The summed E-state index contributed by atoms with van der Waals surface area (Å²) >= 11 is 0. The van der Waals surface area contributed by atoms with Crippen LogP contribution in [-0.2, 0) is 28.2 Å². The second-order valence-electron chi connectivity index (χ2n) is 15.7. The molecule has 0 aliphatic carbocycles. The number of hydrogen-bond acceptors (Lipinski definition) is 6. The van der Waals surface area contributed by atoms with Crippen LogP contribution < -0.4 is 0 Å². The Morgan fingerprint density at radius 2 is 0.804 bits per heavy atom. The maximum atomic E-state index is 12.4. The second kappa shape index (κ2) is 42.9. The number of carbonyl (C=O) groups is 2. The maximum Gasteiger partial charge on any atom is 0.469 e. The Hall–Kier alpha value is -1.73. The molecule has 8 nitrogen and oxygen atoms in total. The molecule has 0 bridgehead atoms. The van der Waals surface area contributed by atoms with E-state index in [-0.39, 0.29) is 19.4 Å². The van der Waals surface area contributed by atoms with E-state index >= 15 is 0 Å². The monoisotopic (exact) mass is 811 g/mol. The van der Waals surface area contributed by atoms with Crippen LogP contribution in [0, 0.1) is 0 Å². The molecule has 0 saturated heterocycles. The van der Waals surface area contributed by atoms with Crippen molar-refractivity contribution >= 4 is 19.8 Å². The molecule has 0 aliphatic rings. The van der Waals surface area contributed by atoms with Crippen molar-refractivity contribution in [2.24, 2.45) is 0 Å². The molecule has 0 aromatic heterocycles. The summed E-state index contributed by atoms with van der Waals surface area (Å²) in [5, 5.41) is 0. The van der Waals surface area contributed by atoms with Crippen molar-refractivity contribution in [1.82, 2.24) is 0 Å². The SMILES string of the molecule is CCCCCCCCCCCCC/C=C/CCC(=O)OC[C@H](COP(=O)(O)O)OC(=O)CCC/C=C/CC/C=C/CCCCCCCCCCCCCCCC. The number of phosphoric ester groups is 1. The quantitative estimate of drug-likeness (QED) is 0.0270. The predicted octanol–water partition coefficient (Wildman–Crippen LogP) is 14.5. The Morgan fingerprint density at radius 1 is 0.446 bits per heavy atom. The highest BCUT2D eigenvalue weighted by atomic mass is 31.2. The highest BCUT2D eigenvalue weighted by molar-refractivity contribution is 7.46. The van der Waals surface area contributed by atoms with E-state index in [0.29, 0.717) is 12.8 Å². The smallest absolute Gasteiger partial charge is 0.462 e. The van der Waals surface area contributed by atoms with Gasteiger partial charge in [0, 0.05) is 12.8 Å². The van der Waals surface area contributed by atoms with Gasteiger partial charge in [-0.2, -0.15) is 0 Å². The standard InChI is InChI=1S/C47H87O8P/c1-3-5-7-9-11-13-15-17-19-20-21-22-23-24-25-26-28-30-32-34-36-38-40-42-47(49)55-45(44-54-56(50,51)52)43-53-46(48)41-39-37-35-33-31-29-27-18-16-14-12-10-8-6-4-2/h26,28,34-37,45H,3-25,27,29-33,38-44H2,1-2H3,(H2,50,51,52)/b28-26+,36-34+,37-35+/t45-/m1/s1. The lowest BCUT2D eigenvalue weighted by molar-refractivity contribution is -0.161. The average Bonchev–Trinajstić information content (AvgIpc) is 3.17. The third kappa shape index (κ3) is 45.0. The number of rotatable bonds is 43. The lowest BCUT2D eigenvalue weighted by Gasteiger charge is -2.18. The van der Waals surface area contributed by atoms with Crippen molar-refractivity contribution in [3.63, 3.8) is 0 Å². The van der Waals surface area contributed by atoms with Gasteiger partial charge in [-0.15, -0.1) is 0 Å². The summed E-state index contributed by atoms with van der Waals surface area (Å²) in [7, 11) is -4.77. The normalized spacial score (nSPS) is 12.7. The van der Waals surface area contributed by atoms with Crippen LogP contribution in [0.4, 0.5) is 0 Å². The van der Waals surface area contributed by atoms with Gasteiger partial charge in [0.25, 0.3) is 0 Å². The largest absolute Gasteiger partial charge is 0.469 e. The van der Waals surface area contributed by atoms with E-state index in [4.69, 9.17) is 19.3 Å². The topological polar surface area (TPSA) is 119 Å². The molecule has 0 radical (unpaired) electrons. The number of allylic oxidation sites excluding steroid dienone is 6. The number of esters is 2. The first-order valence-electron chi connectivity index (χ1n) is 23.3. The highest BCUT2D eigenvalue weighted by Crippen LogP contribution is 2.36. The fraction of sp³-hybridized carbons (Fsp3) is 0.830. The minimum Gasteiger partial charge on any atom is -0.462 e. The molecule has 0 heterocycles. The summed E-state index contributed by atoms with van der Waals surface area (Å²) in [5.41, 5.74) is 0. The number of phosphoric acid groups is 1. The Kier molecular flexibility index (Phi) is 41.5. The van der Waals surface area contributed by atoms with Crippen LogP contribution in [-0.4, -0.2) is 41.0 Å². The van der Waals surface area contributed by atoms with Crippen molar-refractivity contribution in [3.8, 4) is 0 Å². The number of hydrogen-bond donors (Lipinski definition) is 2. The van der Waals surface area contributed by atoms with Gasteiger partial charge >= 0.3 is 19.8 Å². The summed E-state index contributed by atoms with van der Waals surface area (Å²) in [5.74, 6) is -0.984. The molecule has 1 atom stereocenters. The van der Waals surface area contributed by atoms with Gasteiger partial charge < -0.3 is 19.3 Å². The average molecular weight is 811 g/mol. The lowest BCUT2D eigenvalue weighted by atomic mass is 10.0. The van der Waals surface area contributed by atoms with Crippen molar-refractivity contribution < 1.29 is 37.9 Å². The van der Waals surface area contributed by atoms with Crippen molar-refractivity contribution in [2.75, 3.05) is 13.2 Å². The molecule has 2 N–H and O–H groups in total. The minimum atomic E-state index is -4.77. The zero-order chi connectivity index (χ0) is 41.1. The van der Waals surface area contributed by atoms with Gasteiger partial charge in [-0.1, -0.05) is 198 Å². The maximum absolute atomic E-state index is 12.4. The van der Waals surface area contributed by atoms with Gasteiger partial charge in [0.05, 0.1) is 6.61 Å². The molecule has 0 aromatic rings. The molecule has 328 valence electrons. The van der Waals surface area contributed by atoms with Crippen LogP contribution in [0.5, 0.6) is 0 Å². The van der Waals surface area contributed by atoms with Crippen molar-refractivity contribution in [3.05, 3.63) is 36.5 Å². The molecule has 0 amide bonds. The molecule has 0 saturated carbocycles. The van der Waals surface area contributed by atoms with Gasteiger partial charge in [0.15, 0.2) is 6.10 Å². The van der Waals surface area contributed by atoms with Crippen LogP contribution in [0.25, 0.3) is 0 Å². The van der Waals surface area contributed by atoms with Crippen molar-refractivity contribution in [1.29, 1.82) is 0 Å². The van der Waals surface area contributed by atoms with Crippen LogP contribution in [0.15, 0.2) is 36.5 Å². The van der Waals surface area contributed by atoms with E-state index in [2.05, 4.69) is 48.8 Å². The first-order chi connectivity index (χ1) is 27.3. The fourth-order valence-electron chi connectivity index (χ4n) is 6.65. The zero-order valence-corrected chi connectivity index (χ0v) is 37.2. The fourth-order valence-corrected chi connectivity index (χ4v) is 7.01. The van der Waals surface area contributed by atoms with Gasteiger partial charge in [0.2, 0.25) is 0 Å². The zero-order valence-electron chi connectivity index (χ0n) is 36.3. The molecular weight excluding hydrogens is 723 g/mol. The number of unbranched alkanes of at least 4 members (excludes halogenated alkanes) is 27. The number of carbonyl (C=O) groups excluding carboxylic acids is 2. The van der Waals surface area contributed by atoms with Crippen molar-refractivity contribution in [2.45, 2.75) is 238 Å². The molecule has 0 spiro atoms. The Bertz CT molecular complexity index is 1000. The number of ether oxygens (including phenoxy) is 2. The summed E-state index contributed by atoms with van der Waals surface area (Å²) in [6, 6.07) is 0. The van der Waals surface area contributed by atoms with Crippen LogP contribution in [0.1, 0.15) is 232 Å². The molecule has 0 unspecified atom stereocenters. The Balaban J connectivity index is 3.93. The van der Waals surface area contributed by atoms with Crippen LogP contribution in [0.2, 0.25) is 0 Å². The van der Waals surface area contributed by atoms with Crippen LogP contribution >= 0.6 is 7.82 Å². The van der Waals surface area contributed by atoms with Gasteiger partial charge in [-0.05, 0) is 57.8 Å². The van der Waals surface area contributed by atoms with E-state index in [1.165, 1.54) is 154 Å². The van der Waals surface area contributed by atoms with E-state index in [1.54, 1.807) is 0 Å². The van der Waals surface area contributed by atoms with E-state index < -0.39 is 32.5 Å². The van der Waals surface area contributed by atoms with E-state index in [1.807, 2.05) is 6.08 Å². The minimum absolute atomic E-state index is 0.147. The van der Waals surface area contributed by atoms with Gasteiger partial charge in [-0.25, -0.2) is 4.57 Å². The van der Waals surface area contributed by atoms with Gasteiger partial charge in [-0.3, -0.25) is 14.1 Å². The molecular formula is C47H87O8P. The summed E-state index contributed by atoms with van der Waals surface area (Å²) in [6.07, 6.45) is 51.9. The van der Waals surface area contributed by atoms with Crippen LogP contribution in [0.3, 0.4) is 0 Å². The molecule has 56 heavy (non-hydrogen) atoms. The molecule has 0 aliphatic heterocycles. The van der Waals surface area contributed by atoms with E-state index in [9.17, 15) is 14.2 Å². The van der Waals surface area contributed by atoms with Gasteiger partial charge in [0.1, 0.15) is 6.61 Å². The molecule has 9 heteroatoms. The first-order valence-corrected chi connectivity index (χ1v) is 24.8. The molecule has 0 rings (SSSR count). The third-order valence-electron chi connectivity index (χ3n) is 10.1. The lowest BCUT2D eigenvalue weighted by Crippen LogP contribution is -2.29. The predicted molar refractivity (Wildman–Crippen MR) is 235 cm³/mol. The first kappa shape index (κ1) is 54.3. The highest BCUT2D eigenvalue weighted by Gasteiger charge is 2.22. The van der Waals surface area contributed by atoms with E-state index in [0.717, 1.165) is 38.5 Å². The summed E-state index contributed by atoms with van der Waals surface area (Å²) in [4.78, 5) is 42.9. The second-order valence-corrected chi connectivity index (χ2v) is 17.0. The summed E-state index contributed by atoms with van der Waals surface area (Å²) < 4.78 is 26.3. The molecule has 0 fully saturated rings. The third-order valence-corrected chi connectivity index (χ3v) is 10.6. The Labute approximate surface area is 344 Å². The summed E-state index contributed by atoms with van der Waals surface area (Å²) in [6.45, 7) is 3.65. The Morgan fingerprint density at radius 3 is 1.21 bits per heavy atom. The molecule has 0 aromatic carbocycles.